The Morgan fingerprint density at radius 3 is 2.30 bits per heavy atom. The van der Waals surface area contributed by atoms with Crippen LogP contribution < -0.4 is 10.1 Å². The molecule has 1 N–H and O–H groups in total. The molecule has 0 aliphatic heterocycles. The number of anilines is 1. The van der Waals surface area contributed by atoms with Crippen molar-refractivity contribution in [2.24, 2.45) is 0 Å². The quantitative estimate of drug-likeness (QED) is 0.705. The number of hydrogen-bond donors (Lipinski definition) is 1. The van der Waals surface area contributed by atoms with Crippen molar-refractivity contribution >= 4 is 11.6 Å². The first-order valence-corrected chi connectivity index (χ1v) is 10.4. The van der Waals surface area contributed by atoms with Crippen molar-refractivity contribution in [3.8, 4) is 5.75 Å². The fourth-order valence-electron chi connectivity index (χ4n) is 3.88. The van der Waals surface area contributed by atoms with Gasteiger partial charge in [0.25, 0.3) is 5.91 Å². The molecule has 0 unspecified atom stereocenters. The summed E-state index contributed by atoms with van der Waals surface area (Å²) in [6.07, 6.45) is 6.71. The predicted molar refractivity (Wildman–Crippen MR) is 112 cm³/mol. The van der Waals surface area contributed by atoms with Crippen molar-refractivity contribution in [2.45, 2.75) is 71.8 Å². The molecule has 1 aliphatic rings. The van der Waals surface area contributed by atoms with Gasteiger partial charge in [-0.1, -0.05) is 45.0 Å². The molecule has 3 nitrogen and oxygen atoms in total. The third-order valence-electron chi connectivity index (χ3n) is 5.51. The highest BCUT2D eigenvalue weighted by molar-refractivity contribution is 5.95. The van der Waals surface area contributed by atoms with E-state index in [0.29, 0.717) is 6.42 Å². The van der Waals surface area contributed by atoms with E-state index in [9.17, 15) is 4.79 Å². The molecule has 3 rings (SSSR count). The van der Waals surface area contributed by atoms with E-state index in [1.165, 1.54) is 35.1 Å². The van der Waals surface area contributed by atoms with E-state index in [1.807, 2.05) is 13.0 Å². The molecule has 3 heteroatoms. The van der Waals surface area contributed by atoms with Gasteiger partial charge in [-0.3, -0.25) is 4.79 Å². The van der Waals surface area contributed by atoms with E-state index in [2.05, 4.69) is 49.5 Å². The van der Waals surface area contributed by atoms with E-state index >= 15 is 0 Å². The van der Waals surface area contributed by atoms with Gasteiger partial charge in [0.2, 0.25) is 0 Å². The highest BCUT2D eigenvalue weighted by Gasteiger charge is 2.21. The Morgan fingerprint density at radius 2 is 1.67 bits per heavy atom. The lowest BCUT2D eigenvalue weighted by molar-refractivity contribution is -0.122. The maximum Gasteiger partial charge on any atom is 0.265 e. The van der Waals surface area contributed by atoms with Crippen molar-refractivity contribution in [3.05, 3.63) is 58.7 Å². The highest BCUT2D eigenvalue weighted by Crippen LogP contribution is 2.27. The zero-order valence-electron chi connectivity index (χ0n) is 16.8. The molecule has 1 atom stereocenters. The van der Waals surface area contributed by atoms with E-state index in [0.717, 1.165) is 37.1 Å². The molecule has 0 aromatic heterocycles. The Morgan fingerprint density at radius 1 is 1.00 bits per heavy atom. The van der Waals surface area contributed by atoms with Crippen molar-refractivity contribution in [3.63, 3.8) is 0 Å². The maximum atomic E-state index is 12.9. The van der Waals surface area contributed by atoms with Crippen molar-refractivity contribution in [1.82, 2.24) is 0 Å². The number of ether oxygens (including phenoxy) is 1. The first kappa shape index (κ1) is 19.5. The first-order chi connectivity index (χ1) is 13.2. The maximum absolute atomic E-state index is 12.9. The third kappa shape index (κ3) is 4.52. The number of rotatable bonds is 7. The lowest BCUT2D eigenvalue weighted by Crippen LogP contribution is -2.33. The summed E-state index contributed by atoms with van der Waals surface area (Å²) >= 11 is 0. The number of carbonyl (C=O) groups is 1. The summed E-state index contributed by atoms with van der Waals surface area (Å²) in [4.78, 5) is 12.9. The van der Waals surface area contributed by atoms with E-state index < -0.39 is 6.10 Å². The molecule has 0 fully saturated rings. The molecule has 27 heavy (non-hydrogen) atoms. The number of fused-ring (bicyclic) bond motifs is 1. The van der Waals surface area contributed by atoms with Gasteiger partial charge in [0.05, 0.1) is 0 Å². The standard InChI is InChI=1S/C24H31NO2/c1-4-17-12-9-13-18(5-2)23(17)25-24(26)22(6-3)27-21-15-14-19-10-7-8-11-20(19)16-21/h9,12-16,22H,4-8,10-11H2,1-3H3,(H,25,26)/t22-/m0/s1. The molecule has 2 aromatic carbocycles. The largest absolute Gasteiger partial charge is 0.481 e. The van der Waals surface area contributed by atoms with Gasteiger partial charge >= 0.3 is 0 Å². The van der Waals surface area contributed by atoms with Crippen LogP contribution in [-0.2, 0) is 30.5 Å². The van der Waals surface area contributed by atoms with Crippen LogP contribution in [0.1, 0.15) is 62.3 Å². The van der Waals surface area contributed by atoms with E-state index in [1.54, 1.807) is 0 Å². The van der Waals surface area contributed by atoms with E-state index in [4.69, 9.17) is 4.74 Å². The second kappa shape index (κ2) is 9.07. The molecular weight excluding hydrogens is 334 g/mol. The van der Waals surface area contributed by atoms with Gasteiger partial charge in [-0.05, 0) is 79.3 Å². The van der Waals surface area contributed by atoms with Crippen LogP contribution >= 0.6 is 0 Å². The zero-order valence-corrected chi connectivity index (χ0v) is 16.8. The summed E-state index contributed by atoms with van der Waals surface area (Å²) in [5, 5.41) is 3.15. The topological polar surface area (TPSA) is 38.3 Å². The average molecular weight is 366 g/mol. The molecule has 1 aliphatic carbocycles. The Kier molecular flexibility index (Phi) is 6.54. The summed E-state index contributed by atoms with van der Waals surface area (Å²) < 4.78 is 6.10. The van der Waals surface area contributed by atoms with Crippen LogP contribution in [0.3, 0.4) is 0 Å². The summed E-state index contributed by atoms with van der Waals surface area (Å²) in [7, 11) is 0. The zero-order chi connectivity index (χ0) is 19.2. The normalized spacial score (nSPS) is 14.3. The molecule has 2 aromatic rings. The molecule has 0 saturated heterocycles. The minimum atomic E-state index is -0.485. The third-order valence-corrected chi connectivity index (χ3v) is 5.51. The minimum Gasteiger partial charge on any atom is -0.481 e. The van der Waals surface area contributed by atoms with Crippen LogP contribution in [0.2, 0.25) is 0 Å². The first-order valence-electron chi connectivity index (χ1n) is 10.4. The summed E-state index contributed by atoms with van der Waals surface area (Å²) in [6, 6.07) is 12.5. The van der Waals surface area contributed by atoms with Gasteiger partial charge in [0, 0.05) is 5.69 Å². The number of carbonyl (C=O) groups excluding carboxylic acids is 1. The van der Waals surface area contributed by atoms with Crippen LogP contribution in [0.5, 0.6) is 5.75 Å². The average Bonchev–Trinajstić information content (AvgIpc) is 2.71. The van der Waals surface area contributed by atoms with Gasteiger partial charge in [0.15, 0.2) is 6.10 Å². The Bertz CT molecular complexity index is 775. The second-order valence-electron chi connectivity index (χ2n) is 7.30. The molecule has 0 saturated carbocycles. The van der Waals surface area contributed by atoms with Crippen LogP contribution in [0, 0.1) is 0 Å². The highest BCUT2D eigenvalue weighted by atomic mass is 16.5. The lowest BCUT2D eigenvalue weighted by atomic mass is 9.92. The van der Waals surface area contributed by atoms with Gasteiger partial charge < -0.3 is 10.1 Å². The Balaban J connectivity index is 1.75. The van der Waals surface area contributed by atoms with Gasteiger partial charge in [-0.15, -0.1) is 0 Å². The summed E-state index contributed by atoms with van der Waals surface area (Å²) in [5.41, 5.74) is 6.10. The Hall–Kier alpha value is -2.29. The van der Waals surface area contributed by atoms with Crippen molar-refractivity contribution in [2.75, 3.05) is 5.32 Å². The lowest BCUT2D eigenvalue weighted by Gasteiger charge is -2.22. The SMILES string of the molecule is CCc1cccc(CC)c1NC(=O)[C@H](CC)Oc1ccc2c(c1)CCCC2. The predicted octanol–water partition coefficient (Wildman–Crippen LogP) is 5.49. The minimum absolute atomic E-state index is 0.0641. The summed E-state index contributed by atoms with van der Waals surface area (Å²) in [5.74, 6) is 0.739. The molecule has 0 radical (unpaired) electrons. The van der Waals surface area contributed by atoms with Gasteiger partial charge in [-0.25, -0.2) is 0 Å². The number of amides is 1. The van der Waals surface area contributed by atoms with Crippen molar-refractivity contribution < 1.29 is 9.53 Å². The number of para-hydroxylation sites is 1. The second-order valence-corrected chi connectivity index (χ2v) is 7.30. The monoisotopic (exact) mass is 365 g/mol. The molecule has 0 heterocycles. The smallest absolute Gasteiger partial charge is 0.265 e. The van der Waals surface area contributed by atoms with Crippen LogP contribution in [-0.4, -0.2) is 12.0 Å². The van der Waals surface area contributed by atoms with Crippen LogP contribution in [0.15, 0.2) is 36.4 Å². The van der Waals surface area contributed by atoms with Crippen LogP contribution in [0.4, 0.5) is 5.69 Å². The number of nitrogens with one attached hydrogen (secondary N) is 1. The van der Waals surface area contributed by atoms with Crippen LogP contribution in [0.25, 0.3) is 0 Å². The number of aryl methyl sites for hydroxylation is 4. The molecular formula is C24H31NO2. The van der Waals surface area contributed by atoms with Gasteiger partial charge in [0.1, 0.15) is 5.75 Å². The van der Waals surface area contributed by atoms with Crippen molar-refractivity contribution in [1.29, 1.82) is 0 Å². The Labute approximate surface area is 163 Å². The number of benzene rings is 2. The fourth-order valence-corrected chi connectivity index (χ4v) is 3.88. The van der Waals surface area contributed by atoms with E-state index in [-0.39, 0.29) is 5.91 Å². The molecule has 0 bridgehead atoms. The molecule has 0 spiro atoms. The van der Waals surface area contributed by atoms with Gasteiger partial charge in [-0.2, -0.15) is 0 Å². The summed E-state index contributed by atoms with van der Waals surface area (Å²) in [6.45, 7) is 6.23. The number of hydrogen-bond acceptors (Lipinski definition) is 2. The molecule has 1 amide bonds. The molecule has 144 valence electrons. The fraction of sp³-hybridized carbons (Fsp3) is 0.458.